The molecule has 1 heterocycles. The Morgan fingerprint density at radius 2 is 2.22 bits per heavy atom. The van der Waals surface area contributed by atoms with Crippen molar-refractivity contribution in [3.8, 4) is 0 Å². The first kappa shape index (κ1) is 12.3. The van der Waals surface area contributed by atoms with Crippen LogP contribution in [0.15, 0.2) is 24.4 Å². The molecule has 1 aromatic heterocycles. The number of aromatic amines is 1. The molecule has 3 N–H and O–H groups in total. The minimum absolute atomic E-state index is 0.348. The molecule has 1 amide bonds. The van der Waals surface area contributed by atoms with Gasteiger partial charge in [0, 0.05) is 29.8 Å². The second-order valence-corrected chi connectivity index (χ2v) is 4.08. The number of alkyl halides is 2. The molecule has 0 saturated heterocycles. The Hall–Kier alpha value is -2.11. The largest absolute Gasteiger partial charge is 0.399 e. The van der Waals surface area contributed by atoms with Gasteiger partial charge in [-0.15, -0.1) is 0 Å². The molecule has 0 bridgehead atoms. The molecule has 0 aliphatic rings. The lowest BCUT2D eigenvalue weighted by atomic mass is 10.1. The number of aromatic nitrogens is 1. The Labute approximate surface area is 102 Å². The SMILES string of the molecule is CN(CC(F)F)C(=O)c1c[nH]c2ccc(N)cc12. The standard InChI is InChI=1S/C12H13F2N3O/c1-17(6-11(13)14)12(18)9-5-16-10-3-2-7(15)4-8(9)10/h2-5,11,16H,6,15H2,1H3. The number of halogens is 2. The summed E-state index contributed by atoms with van der Waals surface area (Å²) in [6, 6.07) is 5.10. The summed E-state index contributed by atoms with van der Waals surface area (Å²) in [7, 11) is 1.35. The zero-order valence-electron chi connectivity index (χ0n) is 9.78. The van der Waals surface area contributed by atoms with Gasteiger partial charge in [-0.2, -0.15) is 0 Å². The van der Waals surface area contributed by atoms with Gasteiger partial charge in [-0.1, -0.05) is 0 Å². The van der Waals surface area contributed by atoms with Crippen LogP contribution in [0.2, 0.25) is 0 Å². The van der Waals surface area contributed by atoms with Crippen molar-refractivity contribution in [3.05, 3.63) is 30.0 Å². The fourth-order valence-electron chi connectivity index (χ4n) is 1.81. The highest BCUT2D eigenvalue weighted by molar-refractivity contribution is 6.07. The molecule has 0 aliphatic carbocycles. The zero-order chi connectivity index (χ0) is 13.3. The Morgan fingerprint density at radius 3 is 2.89 bits per heavy atom. The second-order valence-electron chi connectivity index (χ2n) is 4.08. The number of nitrogens with one attached hydrogen (secondary N) is 1. The maximum absolute atomic E-state index is 12.2. The summed E-state index contributed by atoms with van der Waals surface area (Å²) in [4.78, 5) is 15.9. The van der Waals surface area contributed by atoms with Crippen LogP contribution in [0.1, 0.15) is 10.4 Å². The van der Waals surface area contributed by atoms with Crippen LogP contribution >= 0.6 is 0 Å². The fraction of sp³-hybridized carbons (Fsp3) is 0.250. The number of carbonyl (C=O) groups is 1. The van der Waals surface area contributed by atoms with Crippen LogP contribution in [-0.2, 0) is 0 Å². The Morgan fingerprint density at radius 1 is 1.50 bits per heavy atom. The minimum Gasteiger partial charge on any atom is -0.399 e. The molecular formula is C12H13F2N3O. The molecule has 4 nitrogen and oxygen atoms in total. The summed E-state index contributed by atoms with van der Waals surface area (Å²) in [6.45, 7) is -0.589. The molecule has 0 radical (unpaired) electrons. The monoisotopic (exact) mass is 253 g/mol. The molecular weight excluding hydrogens is 240 g/mol. The van der Waals surface area contributed by atoms with Crippen LogP contribution in [0.3, 0.4) is 0 Å². The van der Waals surface area contributed by atoms with Crippen LogP contribution < -0.4 is 5.73 Å². The first-order chi connectivity index (χ1) is 8.49. The molecule has 0 fully saturated rings. The predicted molar refractivity (Wildman–Crippen MR) is 65.7 cm³/mol. The van der Waals surface area contributed by atoms with Gasteiger partial charge in [0.25, 0.3) is 12.3 Å². The third-order valence-corrected chi connectivity index (χ3v) is 2.69. The molecule has 2 rings (SSSR count). The van der Waals surface area contributed by atoms with Gasteiger partial charge < -0.3 is 15.6 Å². The van der Waals surface area contributed by atoms with Crippen molar-refractivity contribution in [1.29, 1.82) is 0 Å². The topological polar surface area (TPSA) is 62.1 Å². The number of carbonyl (C=O) groups excluding carboxylic acids is 1. The second kappa shape index (κ2) is 4.64. The van der Waals surface area contributed by atoms with Gasteiger partial charge in [0.1, 0.15) is 0 Å². The molecule has 2 aromatic rings. The van der Waals surface area contributed by atoms with Gasteiger partial charge in [-0.25, -0.2) is 8.78 Å². The van der Waals surface area contributed by atoms with Crippen LogP contribution in [0, 0.1) is 0 Å². The number of H-pyrrole nitrogens is 1. The van der Waals surface area contributed by atoms with Crippen molar-refractivity contribution in [2.45, 2.75) is 6.43 Å². The summed E-state index contributed by atoms with van der Waals surface area (Å²) >= 11 is 0. The third-order valence-electron chi connectivity index (χ3n) is 2.69. The maximum atomic E-state index is 12.2. The number of nitrogens with two attached hydrogens (primary N) is 1. The highest BCUT2D eigenvalue weighted by atomic mass is 19.3. The van der Waals surface area contributed by atoms with E-state index in [-0.39, 0.29) is 0 Å². The fourth-order valence-corrected chi connectivity index (χ4v) is 1.81. The smallest absolute Gasteiger partial charge is 0.255 e. The number of benzene rings is 1. The van der Waals surface area contributed by atoms with E-state index in [0.29, 0.717) is 16.6 Å². The summed E-state index contributed by atoms with van der Waals surface area (Å²) in [5.74, 6) is -0.452. The minimum atomic E-state index is -2.55. The van der Waals surface area contributed by atoms with Crippen molar-refractivity contribution in [2.75, 3.05) is 19.3 Å². The lowest BCUT2D eigenvalue weighted by Crippen LogP contribution is -2.31. The van der Waals surface area contributed by atoms with Crippen LogP contribution in [0.4, 0.5) is 14.5 Å². The first-order valence-corrected chi connectivity index (χ1v) is 5.39. The summed E-state index contributed by atoms with van der Waals surface area (Å²) in [5.41, 5.74) is 7.27. The first-order valence-electron chi connectivity index (χ1n) is 5.39. The molecule has 96 valence electrons. The number of anilines is 1. The van der Waals surface area contributed by atoms with Crippen molar-refractivity contribution < 1.29 is 13.6 Å². The van der Waals surface area contributed by atoms with E-state index < -0.39 is 18.9 Å². The van der Waals surface area contributed by atoms with Crippen molar-refractivity contribution in [1.82, 2.24) is 9.88 Å². The summed E-state index contributed by atoms with van der Waals surface area (Å²) < 4.78 is 24.5. The summed E-state index contributed by atoms with van der Waals surface area (Å²) in [5, 5.41) is 0.640. The maximum Gasteiger partial charge on any atom is 0.255 e. The van der Waals surface area contributed by atoms with E-state index in [2.05, 4.69) is 4.98 Å². The van der Waals surface area contributed by atoms with Gasteiger partial charge >= 0.3 is 0 Å². The molecule has 0 unspecified atom stereocenters. The van der Waals surface area contributed by atoms with Crippen LogP contribution in [0.25, 0.3) is 10.9 Å². The normalized spacial score (nSPS) is 11.1. The Kier molecular flexibility index (Phi) is 3.18. The number of hydrogen-bond donors (Lipinski definition) is 2. The lowest BCUT2D eigenvalue weighted by Gasteiger charge is -2.15. The molecule has 18 heavy (non-hydrogen) atoms. The van der Waals surface area contributed by atoms with E-state index in [0.717, 1.165) is 10.4 Å². The number of amides is 1. The van der Waals surface area contributed by atoms with E-state index in [4.69, 9.17) is 5.73 Å². The quantitative estimate of drug-likeness (QED) is 0.823. The Balaban J connectivity index is 2.36. The van der Waals surface area contributed by atoms with Crippen molar-refractivity contribution >= 4 is 22.5 Å². The third kappa shape index (κ3) is 2.27. The lowest BCUT2D eigenvalue weighted by molar-refractivity contribution is 0.0622. The van der Waals surface area contributed by atoms with Crippen LogP contribution in [0.5, 0.6) is 0 Å². The van der Waals surface area contributed by atoms with Gasteiger partial charge in [0.15, 0.2) is 0 Å². The molecule has 1 aromatic carbocycles. The number of nitrogen functional groups attached to an aromatic ring is 1. The highest BCUT2D eigenvalue weighted by Gasteiger charge is 2.18. The number of nitrogens with zero attached hydrogens (tertiary/aromatic N) is 1. The predicted octanol–water partition coefficient (Wildman–Crippen LogP) is 2.09. The van der Waals surface area contributed by atoms with E-state index in [1.54, 1.807) is 18.2 Å². The molecule has 0 aliphatic heterocycles. The van der Waals surface area contributed by atoms with E-state index in [9.17, 15) is 13.6 Å². The average Bonchev–Trinajstić information content (AvgIpc) is 2.69. The summed E-state index contributed by atoms with van der Waals surface area (Å²) in [6.07, 6.45) is -1.04. The van der Waals surface area contributed by atoms with Gasteiger partial charge in [-0.05, 0) is 18.2 Å². The molecule has 0 spiro atoms. The molecule has 0 atom stereocenters. The number of fused-ring (bicyclic) bond motifs is 1. The van der Waals surface area contributed by atoms with Crippen LogP contribution in [-0.4, -0.2) is 35.8 Å². The molecule has 6 heteroatoms. The van der Waals surface area contributed by atoms with E-state index in [1.807, 2.05) is 0 Å². The van der Waals surface area contributed by atoms with E-state index in [1.165, 1.54) is 13.2 Å². The van der Waals surface area contributed by atoms with Gasteiger partial charge in [-0.3, -0.25) is 4.79 Å². The van der Waals surface area contributed by atoms with Gasteiger partial charge in [0.05, 0.1) is 12.1 Å². The van der Waals surface area contributed by atoms with Gasteiger partial charge in [0.2, 0.25) is 0 Å². The molecule has 0 saturated carbocycles. The average molecular weight is 253 g/mol. The number of hydrogen-bond acceptors (Lipinski definition) is 2. The highest BCUT2D eigenvalue weighted by Crippen LogP contribution is 2.22. The van der Waals surface area contributed by atoms with Crippen molar-refractivity contribution in [2.24, 2.45) is 0 Å². The van der Waals surface area contributed by atoms with E-state index >= 15 is 0 Å². The zero-order valence-corrected chi connectivity index (χ0v) is 9.78. The van der Waals surface area contributed by atoms with Crippen molar-refractivity contribution in [3.63, 3.8) is 0 Å². The Bertz CT molecular complexity index is 580. The number of rotatable bonds is 3.